The first kappa shape index (κ1) is 29.3. The van der Waals surface area contributed by atoms with E-state index >= 15 is 0 Å². The van der Waals surface area contributed by atoms with Gasteiger partial charge in [0.1, 0.15) is 16.7 Å². The summed E-state index contributed by atoms with van der Waals surface area (Å²) in [6.07, 6.45) is 2.47. The van der Waals surface area contributed by atoms with Gasteiger partial charge in [-0.3, -0.25) is 14.5 Å². The van der Waals surface area contributed by atoms with E-state index in [9.17, 15) is 14.4 Å². The predicted octanol–water partition coefficient (Wildman–Crippen LogP) is 4.81. The summed E-state index contributed by atoms with van der Waals surface area (Å²) in [5.74, 6) is -0.0284. The SMILES string of the molecule is CCN(CC)CCOC(=O)c1ccc(NC(=O)CCCN2C(=O)C(=Cc3cccc(OC)c3)SC2=S)cc1. The number of rotatable bonds is 13. The number of carbonyl (C=O) groups excluding carboxylic acids is 3. The number of methoxy groups -OCH3 is 1. The van der Waals surface area contributed by atoms with Crippen LogP contribution in [-0.4, -0.2) is 71.8 Å². The molecule has 0 unspecified atom stereocenters. The number of nitrogens with one attached hydrogen (secondary N) is 1. The zero-order valence-corrected chi connectivity index (χ0v) is 23.5. The van der Waals surface area contributed by atoms with Crippen LogP contribution in [0.15, 0.2) is 53.4 Å². The van der Waals surface area contributed by atoms with Crippen molar-refractivity contribution in [2.75, 3.05) is 45.2 Å². The lowest BCUT2D eigenvalue weighted by Gasteiger charge is -2.17. The van der Waals surface area contributed by atoms with Crippen molar-refractivity contribution in [1.82, 2.24) is 9.80 Å². The number of thioether (sulfide) groups is 1. The maximum absolute atomic E-state index is 12.8. The van der Waals surface area contributed by atoms with Crippen LogP contribution in [0.5, 0.6) is 5.75 Å². The normalized spacial score (nSPS) is 14.3. The molecule has 10 heteroatoms. The molecule has 1 heterocycles. The van der Waals surface area contributed by atoms with Crippen LogP contribution in [0, 0.1) is 0 Å². The lowest BCUT2D eigenvalue weighted by atomic mass is 10.2. The molecular weight excluding hydrogens is 522 g/mol. The second-order valence-electron chi connectivity index (χ2n) is 8.50. The van der Waals surface area contributed by atoms with Gasteiger partial charge >= 0.3 is 5.97 Å². The molecule has 0 atom stereocenters. The van der Waals surface area contributed by atoms with Crippen molar-refractivity contribution >= 4 is 57.8 Å². The third-order valence-corrected chi connectivity index (χ3v) is 7.37. The van der Waals surface area contributed by atoms with Crippen LogP contribution in [0.3, 0.4) is 0 Å². The Morgan fingerprint density at radius 3 is 2.55 bits per heavy atom. The van der Waals surface area contributed by atoms with Crippen LogP contribution in [0.4, 0.5) is 5.69 Å². The molecule has 1 saturated heterocycles. The summed E-state index contributed by atoms with van der Waals surface area (Å²) in [7, 11) is 1.59. The van der Waals surface area contributed by atoms with E-state index in [-0.39, 0.29) is 24.2 Å². The number of benzene rings is 2. The van der Waals surface area contributed by atoms with Gasteiger partial charge in [0.15, 0.2) is 0 Å². The zero-order chi connectivity index (χ0) is 27.5. The first-order valence-corrected chi connectivity index (χ1v) is 13.8. The number of nitrogens with zero attached hydrogens (tertiary/aromatic N) is 2. The summed E-state index contributed by atoms with van der Waals surface area (Å²) in [5, 5.41) is 2.82. The fraction of sp³-hybridized carbons (Fsp3) is 0.357. The second-order valence-corrected chi connectivity index (χ2v) is 10.2. The number of carbonyl (C=O) groups is 3. The molecule has 1 aliphatic heterocycles. The Hall–Kier alpha value is -3.21. The van der Waals surface area contributed by atoms with Gasteiger partial charge in [-0.05, 0) is 67.5 Å². The lowest BCUT2D eigenvalue weighted by molar-refractivity contribution is -0.122. The fourth-order valence-electron chi connectivity index (χ4n) is 3.78. The molecule has 0 aromatic heterocycles. The quantitative estimate of drug-likeness (QED) is 0.214. The molecular formula is C28H33N3O5S2. The lowest BCUT2D eigenvalue weighted by Crippen LogP contribution is -2.29. The first-order valence-electron chi connectivity index (χ1n) is 12.5. The maximum atomic E-state index is 12.8. The number of thiocarbonyl (C=S) groups is 1. The number of amides is 2. The molecule has 202 valence electrons. The molecule has 0 aliphatic carbocycles. The number of hydrogen-bond donors (Lipinski definition) is 1. The Morgan fingerprint density at radius 1 is 1.13 bits per heavy atom. The first-order chi connectivity index (χ1) is 18.3. The molecule has 1 aliphatic rings. The van der Waals surface area contributed by atoms with E-state index in [0.717, 1.165) is 18.7 Å². The highest BCUT2D eigenvalue weighted by Gasteiger charge is 2.31. The summed E-state index contributed by atoms with van der Waals surface area (Å²) in [5.41, 5.74) is 1.86. The van der Waals surface area contributed by atoms with Gasteiger partial charge in [-0.1, -0.05) is 50.0 Å². The highest BCUT2D eigenvalue weighted by molar-refractivity contribution is 8.26. The van der Waals surface area contributed by atoms with Crippen molar-refractivity contribution in [3.8, 4) is 5.75 Å². The van der Waals surface area contributed by atoms with Crippen molar-refractivity contribution in [3.05, 3.63) is 64.6 Å². The summed E-state index contributed by atoms with van der Waals surface area (Å²) >= 11 is 6.64. The summed E-state index contributed by atoms with van der Waals surface area (Å²) in [6.45, 7) is 7.33. The summed E-state index contributed by atoms with van der Waals surface area (Å²) in [4.78, 5) is 41.7. The molecule has 1 fully saturated rings. The molecule has 3 rings (SSSR count). The zero-order valence-electron chi connectivity index (χ0n) is 21.9. The maximum Gasteiger partial charge on any atom is 0.338 e. The average molecular weight is 556 g/mol. The molecule has 0 bridgehead atoms. The molecule has 8 nitrogen and oxygen atoms in total. The third kappa shape index (κ3) is 8.41. The van der Waals surface area contributed by atoms with Gasteiger partial charge in [-0.2, -0.15) is 0 Å². The van der Waals surface area contributed by atoms with E-state index in [1.165, 1.54) is 16.7 Å². The highest BCUT2D eigenvalue weighted by atomic mass is 32.2. The van der Waals surface area contributed by atoms with E-state index in [1.54, 1.807) is 37.5 Å². The molecule has 0 saturated carbocycles. The Bertz CT molecular complexity index is 1180. The van der Waals surface area contributed by atoms with Gasteiger partial charge in [0, 0.05) is 25.2 Å². The Morgan fingerprint density at radius 2 is 1.87 bits per heavy atom. The van der Waals surface area contributed by atoms with E-state index in [4.69, 9.17) is 21.7 Å². The van der Waals surface area contributed by atoms with E-state index < -0.39 is 0 Å². The average Bonchev–Trinajstić information content (AvgIpc) is 3.18. The summed E-state index contributed by atoms with van der Waals surface area (Å²) in [6, 6.07) is 14.0. The number of hydrogen-bond acceptors (Lipinski definition) is 8. The predicted molar refractivity (Wildman–Crippen MR) is 155 cm³/mol. The van der Waals surface area contributed by atoms with E-state index in [1.807, 2.05) is 24.3 Å². The van der Waals surface area contributed by atoms with Gasteiger partial charge in [0.05, 0.1) is 17.6 Å². The Labute approximate surface area is 233 Å². The molecule has 2 aromatic rings. The van der Waals surface area contributed by atoms with Crippen LogP contribution in [0.25, 0.3) is 6.08 Å². The molecule has 0 spiro atoms. The van der Waals surface area contributed by atoms with Crippen molar-refractivity contribution in [1.29, 1.82) is 0 Å². The van der Waals surface area contributed by atoms with Gasteiger partial charge in [0.25, 0.3) is 5.91 Å². The molecule has 1 N–H and O–H groups in total. The highest BCUT2D eigenvalue weighted by Crippen LogP contribution is 2.33. The standard InChI is InChI=1S/C28H33N3O5S2/c1-4-30(5-2)16-17-36-27(34)21-11-13-22(14-12-21)29-25(32)10-7-15-31-26(33)24(38-28(31)37)19-20-8-6-9-23(18-20)35-3/h6,8-9,11-14,18-19H,4-5,7,10,15-17H2,1-3H3,(H,29,32). The van der Waals surface area contributed by atoms with Gasteiger partial charge in [-0.25, -0.2) is 4.79 Å². The van der Waals surface area contributed by atoms with Crippen LogP contribution < -0.4 is 10.1 Å². The van der Waals surface area contributed by atoms with E-state index in [2.05, 4.69) is 24.1 Å². The monoisotopic (exact) mass is 555 g/mol. The molecule has 38 heavy (non-hydrogen) atoms. The van der Waals surface area contributed by atoms with Crippen molar-refractivity contribution in [2.24, 2.45) is 0 Å². The minimum absolute atomic E-state index is 0.164. The Kier molecular flexibility index (Phi) is 11.3. The number of esters is 1. The van der Waals surface area contributed by atoms with Gasteiger partial charge in [-0.15, -0.1) is 0 Å². The second kappa shape index (κ2) is 14.7. The minimum Gasteiger partial charge on any atom is -0.497 e. The molecule has 0 radical (unpaired) electrons. The fourth-order valence-corrected chi connectivity index (χ4v) is 5.09. The number of anilines is 1. The van der Waals surface area contributed by atoms with Gasteiger partial charge < -0.3 is 19.7 Å². The topological polar surface area (TPSA) is 88.2 Å². The van der Waals surface area contributed by atoms with Crippen molar-refractivity contribution in [3.63, 3.8) is 0 Å². The third-order valence-electron chi connectivity index (χ3n) is 5.99. The van der Waals surface area contributed by atoms with Crippen molar-refractivity contribution in [2.45, 2.75) is 26.7 Å². The van der Waals surface area contributed by atoms with Crippen molar-refractivity contribution < 1.29 is 23.9 Å². The van der Waals surface area contributed by atoms with Crippen LogP contribution in [0.2, 0.25) is 0 Å². The number of likely N-dealkylation sites (N-methyl/N-ethyl adjacent to an activating group) is 1. The minimum atomic E-state index is -0.390. The molecule has 2 aromatic carbocycles. The smallest absolute Gasteiger partial charge is 0.338 e. The Balaban J connectivity index is 1.43. The largest absolute Gasteiger partial charge is 0.497 e. The van der Waals surface area contributed by atoms with Crippen LogP contribution in [0.1, 0.15) is 42.6 Å². The summed E-state index contributed by atoms with van der Waals surface area (Å²) < 4.78 is 11.0. The van der Waals surface area contributed by atoms with Crippen LogP contribution >= 0.6 is 24.0 Å². The molecule has 2 amide bonds. The van der Waals surface area contributed by atoms with Crippen LogP contribution in [-0.2, 0) is 14.3 Å². The number of ether oxygens (including phenoxy) is 2. The van der Waals surface area contributed by atoms with Gasteiger partial charge in [0.2, 0.25) is 5.91 Å². The van der Waals surface area contributed by atoms with E-state index in [0.29, 0.717) is 52.3 Å².